The molecule has 2 aliphatic carbocycles. The van der Waals surface area contributed by atoms with Crippen LogP contribution in [0.25, 0.3) is 45.3 Å². The van der Waals surface area contributed by atoms with Gasteiger partial charge in [0.05, 0.1) is 60.8 Å². The molecule has 0 unspecified atom stereocenters. The van der Waals surface area contributed by atoms with Gasteiger partial charge < -0.3 is 20.6 Å². The molecule has 27 heteroatoms. The molecule has 9 aromatic rings. The van der Waals surface area contributed by atoms with Gasteiger partial charge >= 0.3 is 5.97 Å². The maximum Gasteiger partial charge on any atom is 0.322 e. The number of piperidine rings is 2. The van der Waals surface area contributed by atoms with Gasteiger partial charge in [-0.3, -0.25) is 48.2 Å². The average molecular weight is 1630 g/mol. The molecule has 0 radical (unpaired) electrons. The molecule has 13 rings (SSSR count). The van der Waals surface area contributed by atoms with Gasteiger partial charge in [0.15, 0.2) is 23.1 Å². The summed E-state index contributed by atoms with van der Waals surface area (Å²) in [6, 6.07) is 15.0. The standard InChI is InChI=1S/C42H46BrN9O3.C24H30N4O3.C18H20BrN5O/c1-6-8-9-10-11-12-13-29-16-30(31-21-44-28(5)45-22-31)17-33-40(27(4)53)48-51(41(29)33)24-39(55)52-35(36(54)18-34-26(3)14-15-38(43)46-34)19-42(20-37(42)52)25-50-23-32(7-2)47-49-50;1-4-5-6-7-8-9-10-18-11-19(20-13-26-17(3)27-14-20)12-21(23(25)16(2)29)24(18)28-15-22(30)31;1-3-12-9-24(23-22-12)10-18-7-14(20-16(18)8-18)15(25)6-13-11(2)4-5-17(19)21-13/h6-7,14-17,21-23,35,37H,1-2,8-13,18-20,24-25H2,3-5H3;4,11-14,25,28H,1,5-10,15H2,2-3H3,(H,30,31);3-5,9,14,16,20H,1,6-8,10H2,2H3/t35-,37+,42-;;14-,16+,18-/m0.0/s1. The number of carbonyl (C=O) groups is 6. The number of hydrogen-bond acceptors (Lipinski definition) is 20. The number of aromatic nitrogens is 14. The summed E-state index contributed by atoms with van der Waals surface area (Å²) in [5.74, 6) is -0.315. The Morgan fingerprint density at radius 1 is 0.649 bits per heavy atom. The van der Waals surface area contributed by atoms with Gasteiger partial charge in [-0.2, -0.15) is 5.10 Å². The molecule has 111 heavy (non-hydrogen) atoms. The van der Waals surface area contributed by atoms with E-state index in [1.54, 1.807) is 64.2 Å². The van der Waals surface area contributed by atoms with Gasteiger partial charge in [-0.1, -0.05) is 73.6 Å². The van der Waals surface area contributed by atoms with E-state index >= 15 is 0 Å². The molecule has 578 valence electrons. The van der Waals surface area contributed by atoms with E-state index in [2.05, 4.69) is 125 Å². The summed E-state index contributed by atoms with van der Waals surface area (Å²) in [6.07, 6.45) is 33.3. The Bertz CT molecular complexity index is 5010. The van der Waals surface area contributed by atoms with Crippen LogP contribution in [0.4, 0.5) is 5.69 Å². The quantitative estimate of drug-likeness (QED) is 0.00932. The van der Waals surface area contributed by atoms with Crippen LogP contribution in [0.15, 0.2) is 133 Å². The summed E-state index contributed by atoms with van der Waals surface area (Å²) in [4.78, 5) is 106. The minimum Gasteiger partial charge on any atom is -0.480 e. The number of nitrogens with zero attached hydrogens (tertiary/aromatic N) is 15. The lowest BCUT2D eigenvalue weighted by molar-refractivity contribution is -0.139. The first-order valence-electron chi connectivity index (χ1n) is 37.8. The van der Waals surface area contributed by atoms with Gasteiger partial charge in [0.1, 0.15) is 56.7 Å². The second-order valence-corrected chi connectivity index (χ2v) is 31.3. The van der Waals surface area contributed by atoms with Crippen LogP contribution < -0.4 is 10.6 Å². The lowest BCUT2D eigenvalue weighted by Crippen LogP contribution is -2.45. The van der Waals surface area contributed by atoms with Gasteiger partial charge in [-0.05, 0) is 219 Å². The first-order chi connectivity index (χ1) is 53.3. The van der Waals surface area contributed by atoms with E-state index in [1.807, 2.05) is 86.4 Å². The van der Waals surface area contributed by atoms with E-state index in [9.17, 15) is 28.8 Å². The van der Waals surface area contributed by atoms with Crippen molar-refractivity contribution in [3.05, 3.63) is 201 Å². The number of aliphatic carboxylic acids is 1. The molecule has 9 heterocycles. The van der Waals surface area contributed by atoms with Crippen LogP contribution in [0.1, 0.15) is 176 Å². The number of aryl methyl sites for hydroxylation is 6. The number of pyridine rings is 2. The maximum absolute atomic E-state index is 14.7. The molecule has 0 spiro atoms. The highest BCUT2D eigenvalue weighted by molar-refractivity contribution is 9.10. The Kier molecular flexibility index (Phi) is 26.9. The van der Waals surface area contributed by atoms with E-state index in [1.165, 1.54) is 13.8 Å². The second kappa shape index (κ2) is 36.6. The fourth-order valence-corrected chi connectivity index (χ4v) is 15.9. The molecule has 2 saturated carbocycles. The van der Waals surface area contributed by atoms with E-state index in [0.717, 1.165) is 162 Å². The summed E-state index contributed by atoms with van der Waals surface area (Å²) in [5, 5.41) is 46.1. The van der Waals surface area contributed by atoms with Gasteiger partial charge in [0.25, 0.3) is 0 Å². The minimum absolute atomic E-state index is 0.0594. The van der Waals surface area contributed by atoms with Crippen molar-refractivity contribution < 1.29 is 33.9 Å². The predicted octanol–water partition coefficient (Wildman–Crippen LogP) is 14.2. The molecule has 6 atom stereocenters. The summed E-state index contributed by atoms with van der Waals surface area (Å²) in [7, 11) is 0. The summed E-state index contributed by atoms with van der Waals surface area (Å²) in [6.45, 7) is 26.4. The number of carbonyl (C=O) groups excluding carboxylic acids is 5. The van der Waals surface area contributed by atoms with Crippen molar-refractivity contribution in [2.75, 3.05) is 11.9 Å². The third-order valence-corrected chi connectivity index (χ3v) is 22.3. The zero-order valence-electron chi connectivity index (χ0n) is 63.9. The molecule has 2 aromatic carbocycles. The highest BCUT2D eigenvalue weighted by atomic mass is 79.9. The third-order valence-electron chi connectivity index (χ3n) is 21.4. The Balaban J connectivity index is 0.000000183. The Morgan fingerprint density at radius 2 is 1.18 bits per heavy atom. The van der Waals surface area contributed by atoms with Crippen LogP contribution in [0.3, 0.4) is 0 Å². The molecule has 4 aliphatic rings. The van der Waals surface area contributed by atoms with Crippen LogP contribution in [-0.4, -0.2) is 151 Å². The largest absolute Gasteiger partial charge is 0.480 e. The number of unbranched alkanes of at least 4 members (excludes halogenated alkanes) is 8. The molecular formula is C84H96Br2N18O7. The number of anilines is 1. The van der Waals surface area contributed by atoms with E-state index in [-0.39, 0.29) is 77.2 Å². The van der Waals surface area contributed by atoms with E-state index < -0.39 is 12.0 Å². The Hall–Kier alpha value is -10.4. The fraction of sp³-hybridized carbons (Fsp3) is 0.405. The SMILES string of the molecule is C=CCCCCCCc1cc(-c2cnc(C)nc2)cc(C(=N)C(C)=O)c1NCC(=O)O.C=CCCCCCCc1cc(-c2cnc(C)nc2)cc2c(C(C)=O)nn(CC(=O)N3[C@H](C(=O)Cc4nc(Br)ccc4C)C[C@@]4(Cn5cc(C=C)nn5)C[C@@H]34)c12.C=Cc1cn(C[C@@]23C[C@@H](C(=O)Cc4nc(Br)ccc4C)N[C@@H]2C3)nn1. The van der Waals surface area contributed by atoms with Crippen LogP contribution in [0.2, 0.25) is 0 Å². The summed E-state index contributed by atoms with van der Waals surface area (Å²) < 4.78 is 6.76. The fourth-order valence-electron chi connectivity index (χ4n) is 15.3. The van der Waals surface area contributed by atoms with Crippen molar-refractivity contribution in [2.45, 2.75) is 201 Å². The number of halogens is 2. The van der Waals surface area contributed by atoms with Gasteiger partial charge in [0.2, 0.25) is 5.91 Å². The number of carboxylic acid groups (broad SMARTS) is 1. The monoisotopic (exact) mass is 1630 g/mol. The van der Waals surface area contributed by atoms with Gasteiger partial charge in [-0.15, -0.1) is 23.4 Å². The highest BCUT2D eigenvalue weighted by Crippen LogP contribution is 2.61. The van der Waals surface area contributed by atoms with Crippen molar-refractivity contribution in [3.63, 3.8) is 0 Å². The Labute approximate surface area is 663 Å². The Morgan fingerprint density at radius 3 is 1.71 bits per heavy atom. The van der Waals surface area contributed by atoms with Crippen LogP contribution in [-0.2, 0) is 69.3 Å². The molecule has 2 saturated heterocycles. The molecule has 25 nitrogen and oxygen atoms in total. The molecule has 0 bridgehead atoms. The first kappa shape index (κ1) is 81.6. The molecule has 4 fully saturated rings. The third kappa shape index (κ3) is 20.2. The lowest BCUT2D eigenvalue weighted by Gasteiger charge is -2.27. The number of likely N-dealkylation sites (tertiary alicyclic amines) is 1. The molecule has 7 aromatic heterocycles. The number of allylic oxidation sites excluding steroid dienone is 2. The minimum atomic E-state index is -1.01. The summed E-state index contributed by atoms with van der Waals surface area (Å²) >= 11 is 6.83. The maximum atomic E-state index is 14.7. The topological polar surface area (TPSA) is 330 Å². The highest BCUT2D eigenvalue weighted by Gasteiger charge is 2.67. The normalized spacial score (nSPS) is 18.3. The number of hydrogen-bond donors (Lipinski definition) is 4. The number of amides is 1. The molecule has 2 aliphatic heterocycles. The van der Waals surface area contributed by atoms with E-state index in [4.69, 9.17) is 15.6 Å². The average Bonchev–Trinajstić information content (AvgIpc) is 1.54. The number of Topliss-reactive ketones (excluding diaryl/α,β-unsaturated/α-hetero) is 4. The number of fused-ring (bicyclic) bond motifs is 3. The number of ketones is 4. The van der Waals surface area contributed by atoms with Gasteiger partial charge in [-0.25, -0.2) is 29.9 Å². The molecule has 1 amide bonds. The van der Waals surface area contributed by atoms with Crippen molar-refractivity contribution in [2.24, 2.45) is 10.8 Å². The number of rotatable bonds is 36. The molecular weight excluding hydrogens is 1530 g/mol. The van der Waals surface area contributed by atoms with Crippen molar-refractivity contribution in [1.29, 1.82) is 5.41 Å². The lowest BCUT2D eigenvalue weighted by atomic mass is 9.92. The number of carboxylic acids is 1. The summed E-state index contributed by atoms with van der Waals surface area (Å²) in [5.41, 5.74) is 11.8. The van der Waals surface area contributed by atoms with Crippen LogP contribution in [0, 0.1) is 43.9 Å². The van der Waals surface area contributed by atoms with Crippen molar-refractivity contribution in [1.82, 2.24) is 79.9 Å². The smallest absolute Gasteiger partial charge is 0.322 e. The molecule has 4 N–H and O–H groups in total. The van der Waals surface area contributed by atoms with Gasteiger partial charge in [0, 0.05) is 95.9 Å². The van der Waals surface area contributed by atoms with Crippen molar-refractivity contribution in [3.8, 4) is 22.3 Å². The van der Waals surface area contributed by atoms with Crippen molar-refractivity contribution >= 4 is 101 Å². The van der Waals surface area contributed by atoms with E-state index in [0.29, 0.717) is 81.8 Å². The zero-order valence-corrected chi connectivity index (χ0v) is 67.1. The first-order valence-corrected chi connectivity index (χ1v) is 39.4. The zero-order chi connectivity index (χ0) is 79.3. The second-order valence-electron chi connectivity index (χ2n) is 29.7. The number of nitrogens with one attached hydrogen (secondary N) is 3. The predicted molar refractivity (Wildman–Crippen MR) is 435 cm³/mol. The van der Waals surface area contributed by atoms with Crippen LogP contribution in [0.5, 0.6) is 0 Å². The van der Waals surface area contributed by atoms with Crippen LogP contribution >= 0.6 is 31.9 Å². The number of benzene rings is 2.